The minimum Gasteiger partial charge on any atom is -0.475 e. The van der Waals surface area contributed by atoms with Gasteiger partial charge < -0.3 is 10.2 Å². The number of pyridine rings is 2. The van der Waals surface area contributed by atoms with E-state index in [0.717, 1.165) is 11.3 Å². The molecule has 0 bridgehead atoms. The number of hydrogen-bond donors (Lipinski definition) is 2. The summed E-state index contributed by atoms with van der Waals surface area (Å²) in [5.74, 6) is -4.57. The third-order valence-corrected chi connectivity index (χ3v) is 4.34. The van der Waals surface area contributed by atoms with Crippen molar-refractivity contribution in [3.05, 3.63) is 66.6 Å². The zero-order valence-corrected chi connectivity index (χ0v) is 17.9. The molecule has 0 unspecified atom stereocenters. The second-order valence-electron chi connectivity index (χ2n) is 5.58. The van der Waals surface area contributed by atoms with Gasteiger partial charge in [0.15, 0.2) is 0 Å². The summed E-state index contributed by atoms with van der Waals surface area (Å²) < 4.78 is 63.5. The van der Waals surface area contributed by atoms with Crippen LogP contribution in [0.4, 0.5) is 26.3 Å². The molecule has 0 saturated carbocycles. The predicted molar refractivity (Wildman–Crippen MR) is 103 cm³/mol. The molecule has 180 valence electrons. The minimum absolute atomic E-state index is 0. The number of thioether (sulfide) groups is 1. The van der Waals surface area contributed by atoms with Crippen LogP contribution in [0.2, 0.25) is 0 Å². The van der Waals surface area contributed by atoms with Gasteiger partial charge in [-0.2, -0.15) is 26.3 Å². The summed E-state index contributed by atoms with van der Waals surface area (Å²) in [6.07, 6.45) is -4.66. The molecule has 0 saturated heterocycles. The van der Waals surface area contributed by atoms with Crippen molar-refractivity contribution in [1.29, 1.82) is 0 Å². The number of aromatic nitrogens is 2. The molecule has 3 aromatic rings. The van der Waals surface area contributed by atoms with Gasteiger partial charge in [0.25, 0.3) is 0 Å². The molecule has 0 spiro atoms. The summed E-state index contributed by atoms with van der Waals surface area (Å²) in [5, 5.41) is 15.4. The average molecular weight is 539 g/mol. The molecule has 14 heteroatoms. The fraction of sp³-hybridized carbons (Fsp3) is 0.158. The van der Waals surface area contributed by atoms with E-state index in [9.17, 15) is 26.3 Å². The molecule has 0 atom stereocenters. The van der Waals surface area contributed by atoms with Gasteiger partial charge in [-0.25, -0.2) is 9.59 Å². The number of carboxylic acid groups (broad SMARTS) is 2. The molecule has 0 aliphatic carbocycles. The van der Waals surface area contributed by atoms with Gasteiger partial charge in [0.05, 0.1) is 5.52 Å². The number of aliphatic carboxylic acids is 2. The fourth-order valence-corrected chi connectivity index (χ4v) is 2.83. The van der Waals surface area contributed by atoms with Crippen LogP contribution >= 0.6 is 11.8 Å². The first kappa shape index (κ1) is 30.1. The Balaban J connectivity index is 0.000000574. The molecule has 2 aromatic heterocycles. The summed E-state index contributed by atoms with van der Waals surface area (Å²) in [6.45, 7) is 0. The zero-order chi connectivity index (χ0) is 24.4. The number of benzene rings is 1. The van der Waals surface area contributed by atoms with Crippen molar-refractivity contribution in [1.82, 2.24) is 9.97 Å². The predicted octanol–water partition coefficient (Wildman–Crippen LogP) is 5.19. The van der Waals surface area contributed by atoms with Gasteiger partial charge >= 0.3 is 40.8 Å². The van der Waals surface area contributed by atoms with E-state index in [4.69, 9.17) is 19.8 Å². The number of fused-ring (bicyclic) bond motifs is 1. The van der Waals surface area contributed by atoms with Crippen molar-refractivity contribution in [3.63, 3.8) is 0 Å². The average Bonchev–Trinajstić information content (AvgIpc) is 2.72. The molecule has 3 rings (SSSR count). The van der Waals surface area contributed by atoms with E-state index in [1.165, 1.54) is 15.8 Å². The normalized spacial score (nSPS) is 10.6. The van der Waals surface area contributed by atoms with Crippen molar-refractivity contribution >= 4 is 34.6 Å². The summed E-state index contributed by atoms with van der Waals surface area (Å²) in [5.41, 5.74) is 2.36. The van der Waals surface area contributed by atoms with E-state index in [2.05, 4.69) is 34.2 Å². The van der Waals surface area contributed by atoms with Crippen LogP contribution in [0.3, 0.4) is 0 Å². The van der Waals surface area contributed by atoms with Crippen molar-refractivity contribution < 1.29 is 62.6 Å². The molecule has 0 amide bonds. The second kappa shape index (κ2) is 13.6. The number of rotatable bonds is 3. The second-order valence-corrected chi connectivity index (χ2v) is 6.60. The van der Waals surface area contributed by atoms with Crippen LogP contribution < -0.4 is 0 Å². The monoisotopic (exact) mass is 538 g/mol. The molecule has 0 fully saturated rings. The van der Waals surface area contributed by atoms with Gasteiger partial charge in [0.2, 0.25) is 0 Å². The topological polar surface area (TPSA) is 100 Å². The first-order chi connectivity index (χ1) is 14.8. The number of carboxylic acids is 2. The molecule has 0 aliphatic rings. The summed E-state index contributed by atoms with van der Waals surface area (Å²) in [7, 11) is 0. The quantitative estimate of drug-likeness (QED) is 0.269. The van der Waals surface area contributed by atoms with Gasteiger partial charge in [-0.15, -0.1) is 11.8 Å². The van der Waals surface area contributed by atoms with Crippen LogP contribution in [0.5, 0.6) is 0 Å². The van der Waals surface area contributed by atoms with Gasteiger partial charge in [-0.05, 0) is 29.8 Å². The molecule has 2 N–H and O–H groups in total. The van der Waals surface area contributed by atoms with Crippen LogP contribution in [-0.4, -0.2) is 44.5 Å². The minimum atomic E-state index is -5.08. The van der Waals surface area contributed by atoms with E-state index < -0.39 is 24.3 Å². The smallest absolute Gasteiger partial charge is 0.475 e. The standard InChI is InChI=1S/C15H12N2S.2C2HF3O2.Ni/c1-3-13-4-2-8-17-15(13)14(5-1)18-11-12-6-9-16-10-7-12;2*3-2(4,5)1(6)7;/h1-10H,11H2;2*(H,6,7);/q;;;+2. The van der Waals surface area contributed by atoms with Crippen molar-refractivity contribution in [2.75, 3.05) is 0 Å². The van der Waals surface area contributed by atoms with E-state index in [1.54, 1.807) is 0 Å². The van der Waals surface area contributed by atoms with E-state index in [0.29, 0.717) is 0 Å². The molecular weight excluding hydrogens is 525 g/mol. The largest absolute Gasteiger partial charge is 2.00 e. The maximum absolute atomic E-state index is 10.6. The Labute approximate surface area is 197 Å². The third kappa shape index (κ3) is 11.5. The molecule has 6 nitrogen and oxygen atoms in total. The van der Waals surface area contributed by atoms with Gasteiger partial charge in [0, 0.05) is 34.6 Å². The SMILES string of the molecule is O=C(O)C(F)(F)F.O=C(O)C(F)(F)F.[Ni+2].c1cnc2c(SCc3ccncc3)cccc2c1. The van der Waals surface area contributed by atoms with E-state index in [-0.39, 0.29) is 16.5 Å². The Morgan fingerprint density at radius 3 is 1.79 bits per heavy atom. The van der Waals surface area contributed by atoms with E-state index >= 15 is 0 Å². The number of carbonyl (C=O) groups is 2. The van der Waals surface area contributed by atoms with E-state index in [1.807, 2.05) is 48.6 Å². The van der Waals surface area contributed by atoms with Crippen molar-refractivity contribution in [2.24, 2.45) is 0 Å². The Kier molecular flexibility index (Phi) is 12.5. The van der Waals surface area contributed by atoms with Gasteiger partial charge in [-0.1, -0.05) is 18.2 Å². The maximum atomic E-state index is 10.6. The van der Waals surface area contributed by atoms with Crippen LogP contribution in [0.25, 0.3) is 10.9 Å². The number of halogens is 6. The first-order valence-corrected chi connectivity index (χ1v) is 9.26. The molecule has 33 heavy (non-hydrogen) atoms. The van der Waals surface area contributed by atoms with Crippen LogP contribution in [-0.2, 0) is 31.8 Å². The molecular formula is C19H14F6N2NiO4S+2. The Morgan fingerprint density at radius 2 is 1.30 bits per heavy atom. The Morgan fingerprint density at radius 1 is 0.818 bits per heavy atom. The maximum Gasteiger partial charge on any atom is 2.00 e. The van der Waals surface area contributed by atoms with Crippen LogP contribution in [0, 0.1) is 0 Å². The summed E-state index contributed by atoms with van der Waals surface area (Å²) in [4.78, 5) is 27.5. The van der Waals surface area contributed by atoms with Crippen molar-refractivity contribution in [2.45, 2.75) is 23.0 Å². The number of hydrogen-bond acceptors (Lipinski definition) is 5. The van der Waals surface area contributed by atoms with Gasteiger partial charge in [-0.3, -0.25) is 9.97 Å². The number of nitrogens with zero attached hydrogens (tertiary/aromatic N) is 2. The Bertz CT molecular complexity index is 1010. The summed E-state index contributed by atoms with van der Waals surface area (Å²) in [6, 6.07) is 14.5. The molecule has 0 radical (unpaired) electrons. The first-order valence-electron chi connectivity index (χ1n) is 8.28. The Hall–Kier alpha value is -2.86. The fourth-order valence-electron chi connectivity index (χ4n) is 1.83. The zero-order valence-electron chi connectivity index (χ0n) is 16.1. The number of alkyl halides is 6. The van der Waals surface area contributed by atoms with Crippen molar-refractivity contribution in [3.8, 4) is 0 Å². The number of para-hydroxylation sites is 1. The van der Waals surface area contributed by atoms with Crippen LogP contribution in [0.15, 0.2) is 66.0 Å². The molecule has 0 aliphatic heterocycles. The van der Waals surface area contributed by atoms with Gasteiger partial charge in [0.1, 0.15) is 0 Å². The molecule has 2 heterocycles. The summed E-state index contributed by atoms with van der Waals surface area (Å²) >= 11 is 1.81. The van der Waals surface area contributed by atoms with Crippen LogP contribution in [0.1, 0.15) is 5.56 Å². The molecule has 1 aromatic carbocycles. The third-order valence-electron chi connectivity index (χ3n) is 3.22.